The number of hydrogen-bond acceptors (Lipinski definition) is 5. The Kier molecular flexibility index (Phi) is 7.45. The van der Waals surface area contributed by atoms with Crippen LogP contribution in [0.5, 0.6) is 0 Å². The van der Waals surface area contributed by atoms with Gasteiger partial charge in [-0.2, -0.15) is 0 Å². The molecule has 1 aromatic carbocycles. The van der Waals surface area contributed by atoms with Crippen LogP contribution in [0.25, 0.3) is 0 Å². The van der Waals surface area contributed by atoms with Gasteiger partial charge in [0.1, 0.15) is 0 Å². The summed E-state index contributed by atoms with van der Waals surface area (Å²) in [5.74, 6) is 0.872. The lowest BCUT2D eigenvalue weighted by molar-refractivity contribution is -0.590. The molecule has 3 atom stereocenters. The Morgan fingerprint density at radius 3 is 2.84 bits per heavy atom. The van der Waals surface area contributed by atoms with Crippen molar-refractivity contribution in [3.63, 3.8) is 0 Å². The molecule has 8 nitrogen and oxygen atoms in total. The van der Waals surface area contributed by atoms with E-state index in [0.29, 0.717) is 30.7 Å². The van der Waals surface area contributed by atoms with E-state index in [-0.39, 0.29) is 12.5 Å². The number of carbonyl (C=O) groups is 1. The average Bonchev–Trinajstić information content (AvgIpc) is 3.16. The maximum atomic E-state index is 12.8. The molecular formula is C24H30N5O3+. The first-order valence-corrected chi connectivity index (χ1v) is 11.2. The summed E-state index contributed by atoms with van der Waals surface area (Å²) in [4.78, 5) is 32.4. The fourth-order valence-electron chi connectivity index (χ4n) is 3.99. The second-order valence-corrected chi connectivity index (χ2v) is 8.27. The molecule has 1 saturated carbocycles. The SMILES string of the molecule is O=C(NCc1cnc[nH]1)C(CCCCNC1CC1c1ccccc1)[N+](=O)Cc1ccco1. The normalized spacial score (nSPS) is 18.2. The minimum Gasteiger partial charge on any atom is -0.462 e. The predicted octanol–water partition coefficient (Wildman–Crippen LogP) is 3.28. The number of benzene rings is 1. The molecule has 4 rings (SSSR count). The zero-order chi connectivity index (χ0) is 22.2. The van der Waals surface area contributed by atoms with Gasteiger partial charge in [-0.3, -0.25) is 4.79 Å². The van der Waals surface area contributed by atoms with Gasteiger partial charge in [0.15, 0.2) is 5.76 Å². The Bertz CT molecular complexity index is 973. The summed E-state index contributed by atoms with van der Waals surface area (Å²) in [6.45, 7) is 1.25. The lowest BCUT2D eigenvalue weighted by Crippen LogP contribution is -2.41. The molecule has 2 heterocycles. The number of nitroso groups, excluding NO2 is 1. The first-order chi connectivity index (χ1) is 15.7. The summed E-state index contributed by atoms with van der Waals surface area (Å²) in [6, 6.07) is 13.8. The standard InChI is InChI=1S/C24H29N5O3/c30-24(27-15-19-14-25-17-28-19)23(29(31)16-20-9-6-12-32-20)10-4-5-11-26-22-13-21(22)18-7-2-1-3-8-18/h1-3,6-9,12,14,17,21-23,26H,4-5,10-11,13,15-16H2,(H-,25,27,28,30)/p+1. The molecule has 0 saturated heterocycles. The summed E-state index contributed by atoms with van der Waals surface area (Å²) >= 11 is 0. The van der Waals surface area contributed by atoms with Crippen molar-refractivity contribution in [2.75, 3.05) is 6.54 Å². The van der Waals surface area contributed by atoms with E-state index in [1.807, 2.05) is 6.07 Å². The van der Waals surface area contributed by atoms with Crippen LogP contribution in [0, 0.1) is 4.91 Å². The molecule has 3 aromatic rings. The second-order valence-electron chi connectivity index (χ2n) is 8.27. The summed E-state index contributed by atoms with van der Waals surface area (Å²) in [5.41, 5.74) is 2.18. The maximum absolute atomic E-state index is 12.8. The third-order valence-electron chi connectivity index (χ3n) is 5.88. The number of nitrogens with zero attached hydrogens (tertiary/aromatic N) is 2. The number of nitrogens with one attached hydrogen (secondary N) is 3. The topological polar surface area (TPSA) is 103 Å². The summed E-state index contributed by atoms with van der Waals surface area (Å²) in [5, 5.41) is 6.44. The van der Waals surface area contributed by atoms with Crippen molar-refractivity contribution in [1.82, 2.24) is 20.6 Å². The van der Waals surface area contributed by atoms with Crippen LogP contribution in [-0.2, 0) is 17.9 Å². The van der Waals surface area contributed by atoms with Crippen molar-refractivity contribution in [3.05, 3.63) is 83.2 Å². The van der Waals surface area contributed by atoms with Crippen molar-refractivity contribution >= 4 is 5.91 Å². The number of unbranched alkanes of at least 4 members (excludes halogenated alkanes) is 1. The van der Waals surface area contributed by atoms with Crippen LogP contribution in [0.15, 0.2) is 65.7 Å². The van der Waals surface area contributed by atoms with Gasteiger partial charge in [-0.25, -0.2) is 4.98 Å². The summed E-state index contributed by atoms with van der Waals surface area (Å²) < 4.78 is 6.10. The van der Waals surface area contributed by atoms with Crippen LogP contribution in [-0.4, -0.2) is 39.3 Å². The fourth-order valence-corrected chi connectivity index (χ4v) is 3.99. The van der Waals surface area contributed by atoms with E-state index in [0.717, 1.165) is 29.8 Å². The molecule has 8 heteroatoms. The minimum atomic E-state index is -0.763. The quantitative estimate of drug-likeness (QED) is 0.282. The van der Waals surface area contributed by atoms with Crippen molar-refractivity contribution in [2.24, 2.45) is 0 Å². The van der Waals surface area contributed by atoms with E-state index in [2.05, 4.69) is 44.9 Å². The van der Waals surface area contributed by atoms with Gasteiger partial charge < -0.3 is 20.0 Å². The highest BCUT2D eigenvalue weighted by atomic mass is 16.3. The molecule has 1 aliphatic rings. The van der Waals surface area contributed by atoms with Gasteiger partial charge in [0.2, 0.25) is 6.54 Å². The number of rotatable bonds is 13. The van der Waals surface area contributed by atoms with Crippen LogP contribution < -0.4 is 10.6 Å². The highest BCUT2D eigenvalue weighted by Gasteiger charge is 2.37. The third kappa shape index (κ3) is 6.13. The molecule has 168 valence electrons. The molecule has 0 radical (unpaired) electrons. The Morgan fingerprint density at radius 1 is 1.22 bits per heavy atom. The number of aromatic nitrogens is 2. The monoisotopic (exact) mass is 436 g/mol. The Morgan fingerprint density at radius 2 is 2.09 bits per heavy atom. The van der Waals surface area contributed by atoms with Crippen LogP contribution in [0.3, 0.4) is 0 Å². The van der Waals surface area contributed by atoms with Crippen LogP contribution in [0.2, 0.25) is 0 Å². The molecule has 2 aromatic heterocycles. The molecule has 0 aliphatic heterocycles. The van der Waals surface area contributed by atoms with Crippen molar-refractivity contribution in [1.29, 1.82) is 0 Å². The van der Waals surface area contributed by atoms with Crippen molar-refractivity contribution < 1.29 is 14.0 Å². The lowest BCUT2D eigenvalue weighted by Gasteiger charge is -2.10. The number of H-pyrrole nitrogens is 1. The van der Waals surface area contributed by atoms with E-state index < -0.39 is 6.04 Å². The lowest BCUT2D eigenvalue weighted by atomic mass is 10.1. The Balaban J connectivity index is 1.22. The van der Waals surface area contributed by atoms with Crippen LogP contribution >= 0.6 is 0 Å². The highest BCUT2D eigenvalue weighted by molar-refractivity contribution is 5.80. The maximum Gasteiger partial charge on any atom is 0.293 e. The minimum absolute atomic E-state index is 0.0498. The van der Waals surface area contributed by atoms with Crippen molar-refractivity contribution in [3.8, 4) is 0 Å². The average molecular weight is 437 g/mol. The second kappa shape index (κ2) is 10.9. The molecule has 1 aliphatic carbocycles. The molecule has 0 spiro atoms. The van der Waals surface area contributed by atoms with E-state index in [1.54, 1.807) is 24.7 Å². The largest absolute Gasteiger partial charge is 0.462 e. The number of imidazole rings is 1. The zero-order valence-corrected chi connectivity index (χ0v) is 18.1. The molecular weight excluding hydrogens is 406 g/mol. The highest BCUT2D eigenvalue weighted by Crippen LogP contribution is 2.40. The van der Waals surface area contributed by atoms with Gasteiger partial charge in [-0.1, -0.05) is 30.3 Å². The number of amides is 1. The first kappa shape index (κ1) is 22.0. The smallest absolute Gasteiger partial charge is 0.293 e. The molecule has 32 heavy (non-hydrogen) atoms. The first-order valence-electron chi connectivity index (χ1n) is 11.2. The molecule has 3 unspecified atom stereocenters. The zero-order valence-electron chi connectivity index (χ0n) is 18.1. The van der Waals surface area contributed by atoms with Gasteiger partial charge in [0.25, 0.3) is 11.9 Å². The van der Waals surface area contributed by atoms with E-state index >= 15 is 0 Å². The molecule has 3 N–H and O–H groups in total. The fraction of sp³-hybridized carbons (Fsp3) is 0.417. The van der Waals surface area contributed by atoms with Crippen molar-refractivity contribution in [2.45, 2.75) is 56.8 Å². The predicted molar refractivity (Wildman–Crippen MR) is 120 cm³/mol. The Hall–Kier alpha value is -3.26. The van der Waals surface area contributed by atoms with E-state index in [9.17, 15) is 9.70 Å². The van der Waals surface area contributed by atoms with E-state index in [1.165, 1.54) is 18.2 Å². The van der Waals surface area contributed by atoms with Gasteiger partial charge in [-0.05, 0) is 43.5 Å². The van der Waals surface area contributed by atoms with Gasteiger partial charge in [-0.15, -0.1) is 0 Å². The number of hydrogen-bond donors (Lipinski definition) is 3. The Labute approximate surface area is 187 Å². The van der Waals surface area contributed by atoms with Gasteiger partial charge >= 0.3 is 0 Å². The number of aromatic amines is 1. The third-order valence-corrected chi connectivity index (χ3v) is 5.88. The summed E-state index contributed by atoms with van der Waals surface area (Å²) in [7, 11) is 0. The van der Waals surface area contributed by atoms with E-state index in [4.69, 9.17) is 4.42 Å². The van der Waals surface area contributed by atoms with Gasteiger partial charge in [0, 0.05) is 34.2 Å². The number of carbonyl (C=O) groups excluding carboxylic acids is 1. The van der Waals surface area contributed by atoms with Crippen LogP contribution in [0.1, 0.15) is 48.6 Å². The van der Waals surface area contributed by atoms with Crippen LogP contribution in [0.4, 0.5) is 0 Å². The van der Waals surface area contributed by atoms with Gasteiger partial charge in [0.05, 0.1) is 24.8 Å². The molecule has 1 amide bonds. The molecule has 1 fully saturated rings. The number of furan rings is 1. The molecule has 0 bridgehead atoms. The summed E-state index contributed by atoms with van der Waals surface area (Å²) in [6.07, 6.45) is 8.10.